The molecule has 1 aliphatic rings. The Kier molecular flexibility index (Phi) is 5.46. The predicted octanol–water partition coefficient (Wildman–Crippen LogP) is 4.28. The van der Waals surface area contributed by atoms with E-state index in [2.05, 4.69) is 15.3 Å². The Balaban J connectivity index is 1.48. The normalized spacial score (nSPS) is 16.5. The molecule has 0 spiro atoms. The number of amides is 1. The Bertz CT molecular complexity index is 1010. The molecular weight excluding hydrogens is 374 g/mol. The molecule has 4 rings (SSSR count). The van der Waals surface area contributed by atoms with E-state index in [-0.39, 0.29) is 17.5 Å². The van der Waals surface area contributed by atoms with E-state index >= 15 is 0 Å². The maximum absolute atomic E-state index is 13.8. The molecule has 1 amide bonds. The van der Waals surface area contributed by atoms with E-state index in [0.29, 0.717) is 13.0 Å². The number of carbonyl (C=O) groups excluding carboxylic acids is 1. The molecule has 3 aromatic rings. The van der Waals surface area contributed by atoms with Crippen LogP contribution in [0, 0.1) is 17.6 Å². The van der Waals surface area contributed by atoms with Crippen molar-refractivity contribution in [3.63, 3.8) is 0 Å². The predicted molar refractivity (Wildman–Crippen MR) is 107 cm³/mol. The van der Waals surface area contributed by atoms with Crippen LogP contribution in [0.15, 0.2) is 60.9 Å². The van der Waals surface area contributed by atoms with E-state index in [0.717, 1.165) is 48.2 Å². The van der Waals surface area contributed by atoms with Crippen molar-refractivity contribution in [2.24, 2.45) is 5.92 Å². The number of piperidine rings is 1. The standard InChI is InChI=1S/C22H20F2N4O/c23-17-8-9-18(24)20(11-17)27-22(29)16-7-4-10-28(13-16)21-12-19(25-14-26-21)15-5-2-1-3-6-15/h1-3,5-6,8-9,11-12,14,16H,4,7,10,13H2,(H,27,29). The second-order valence-electron chi connectivity index (χ2n) is 7.03. The van der Waals surface area contributed by atoms with Gasteiger partial charge in [-0.25, -0.2) is 18.7 Å². The Hall–Kier alpha value is -3.35. The molecule has 1 aliphatic heterocycles. The van der Waals surface area contributed by atoms with Crippen LogP contribution in [0.25, 0.3) is 11.3 Å². The number of carbonyl (C=O) groups is 1. The minimum Gasteiger partial charge on any atom is -0.356 e. The van der Waals surface area contributed by atoms with Crippen LogP contribution in [0.3, 0.4) is 0 Å². The van der Waals surface area contributed by atoms with Gasteiger partial charge in [-0.15, -0.1) is 0 Å². The lowest BCUT2D eigenvalue weighted by Crippen LogP contribution is -2.41. The van der Waals surface area contributed by atoms with E-state index in [4.69, 9.17) is 0 Å². The van der Waals surface area contributed by atoms with Crippen LogP contribution < -0.4 is 10.2 Å². The lowest BCUT2D eigenvalue weighted by Gasteiger charge is -2.33. The largest absolute Gasteiger partial charge is 0.356 e. The maximum Gasteiger partial charge on any atom is 0.229 e. The Morgan fingerprint density at radius 2 is 1.90 bits per heavy atom. The highest BCUT2D eigenvalue weighted by Gasteiger charge is 2.27. The van der Waals surface area contributed by atoms with E-state index < -0.39 is 11.6 Å². The third kappa shape index (κ3) is 4.39. The van der Waals surface area contributed by atoms with Gasteiger partial charge in [-0.1, -0.05) is 30.3 Å². The summed E-state index contributed by atoms with van der Waals surface area (Å²) in [4.78, 5) is 23.4. The Labute approximate surface area is 167 Å². The van der Waals surface area contributed by atoms with Crippen LogP contribution in [0.1, 0.15) is 12.8 Å². The molecule has 1 saturated heterocycles. The van der Waals surface area contributed by atoms with Crippen molar-refractivity contribution in [3.8, 4) is 11.3 Å². The summed E-state index contributed by atoms with van der Waals surface area (Å²) >= 11 is 0. The lowest BCUT2D eigenvalue weighted by molar-refractivity contribution is -0.120. The van der Waals surface area contributed by atoms with E-state index in [1.807, 2.05) is 41.3 Å². The van der Waals surface area contributed by atoms with Crippen LogP contribution in [0.4, 0.5) is 20.3 Å². The van der Waals surface area contributed by atoms with Crippen molar-refractivity contribution < 1.29 is 13.6 Å². The van der Waals surface area contributed by atoms with Crippen molar-refractivity contribution in [2.45, 2.75) is 12.8 Å². The number of nitrogens with one attached hydrogen (secondary N) is 1. The second kappa shape index (κ2) is 8.34. The smallest absolute Gasteiger partial charge is 0.229 e. The fraction of sp³-hybridized carbons (Fsp3) is 0.227. The number of hydrogen-bond donors (Lipinski definition) is 1. The fourth-order valence-corrected chi connectivity index (χ4v) is 3.51. The molecule has 1 unspecified atom stereocenters. The van der Waals surface area contributed by atoms with Gasteiger partial charge in [0.25, 0.3) is 0 Å². The molecule has 0 radical (unpaired) electrons. The molecule has 1 N–H and O–H groups in total. The van der Waals surface area contributed by atoms with Crippen LogP contribution in [0.5, 0.6) is 0 Å². The second-order valence-corrected chi connectivity index (χ2v) is 7.03. The van der Waals surface area contributed by atoms with Crippen molar-refractivity contribution in [1.82, 2.24) is 9.97 Å². The number of nitrogens with zero attached hydrogens (tertiary/aromatic N) is 3. The average molecular weight is 394 g/mol. The monoisotopic (exact) mass is 394 g/mol. The number of rotatable bonds is 4. The molecule has 0 bridgehead atoms. The van der Waals surface area contributed by atoms with Crippen molar-refractivity contribution in [2.75, 3.05) is 23.3 Å². The zero-order valence-corrected chi connectivity index (χ0v) is 15.7. The van der Waals surface area contributed by atoms with Crippen LogP contribution in [-0.2, 0) is 4.79 Å². The average Bonchev–Trinajstić information content (AvgIpc) is 2.77. The molecule has 0 aliphatic carbocycles. The van der Waals surface area contributed by atoms with Crippen LogP contribution >= 0.6 is 0 Å². The number of anilines is 2. The van der Waals surface area contributed by atoms with Gasteiger partial charge in [0, 0.05) is 30.8 Å². The van der Waals surface area contributed by atoms with Gasteiger partial charge in [0.15, 0.2) is 0 Å². The highest BCUT2D eigenvalue weighted by atomic mass is 19.1. The quantitative estimate of drug-likeness (QED) is 0.718. The molecule has 0 saturated carbocycles. The van der Waals surface area contributed by atoms with E-state index in [9.17, 15) is 13.6 Å². The highest BCUT2D eigenvalue weighted by molar-refractivity contribution is 5.93. The van der Waals surface area contributed by atoms with Crippen molar-refractivity contribution >= 4 is 17.4 Å². The number of aromatic nitrogens is 2. The first-order chi connectivity index (χ1) is 14.1. The van der Waals surface area contributed by atoms with Gasteiger partial charge in [-0.3, -0.25) is 4.79 Å². The summed E-state index contributed by atoms with van der Waals surface area (Å²) in [7, 11) is 0. The number of hydrogen-bond acceptors (Lipinski definition) is 4. The zero-order chi connectivity index (χ0) is 20.2. The number of halogens is 2. The summed E-state index contributed by atoms with van der Waals surface area (Å²) in [6.07, 6.45) is 2.99. The van der Waals surface area contributed by atoms with Gasteiger partial charge >= 0.3 is 0 Å². The van der Waals surface area contributed by atoms with Gasteiger partial charge in [0.05, 0.1) is 17.3 Å². The molecular formula is C22H20F2N4O. The Morgan fingerprint density at radius 1 is 1.07 bits per heavy atom. The molecule has 7 heteroatoms. The van der Waals surface area contributed by atoms with Crippen molar-refractivity contribution in [3.05, 3.63) is 72.6 Å². The topological polar surface area (TPSA) is 58.1 Å². The summed E-state index contributed by atoms with van der Waals surface area (Å²) in [6.45, 7) is 1.22. The van der Waals surface area contributed by atoms with Crippen LogP contribution in [-0.4, -0.2) is 29.0 Å². The number of benzene rings is 2. The summed E-state index contributed by atoms with van der Waals surface area (Å²) in [5, 5.41) is 2.52. The third-order valence-electron chi connectivity index (χ3n) is 5.02. The maximum atomic E-state index is 13.8. The van der Waals surface area contributed by atoms with Crippen LogP contribution in [0.2, 0.25) is 0 Å². The first kappa shape index (κ1) is 19.0. The third-order valence-corrected chi connectivity index (χ3v) is 5.02. The minimum absolute atomic E-state index is 0.138. The van der Waals surface area contributed by atoms with Gasteiger partial charge in [-0.05, 0) is 25.0 Å². The molecule has 2 heterocycles. The van der Waals surface area contributed by atoms with Gasteiger partial charge in [0.1, 0.15) is 23.8 Å². The first-order valence-electron chi connectivity index (χ1n) is 9.48. The highest BCUT2D eigenvalue weighted by Crippen LogP contribution is 2.26. The fourth-order valence-electron chi connectivity index (χ4n) is 3.51. The summed E-state index contributed by atoms with van der Waals surface area (Å²) in [6, 6.07) is 14.7. The first-order valence-corrected chi connectivity index (χ1v) is 9.48. The molecule has 1 aromatic heterocycles. The summed E-state index contributed by atoms with van der Waals surface area (Å²) in [5.74, 6) is -1.18. The molecule has 148 valence electrons. The summed E-state index contributed by atoms with van der Waals surface area (Å²) in [5.41, 5.74) is 1.66. The van der Waals surface area contributed by atoms with Crippen molar-refractivity contribution in [1.29, 1.82) is 0 Å². The molecule has 1 atom stereocenters. The lowest BCUT2D eigenvalue weighted by atomic mass is 9.97. The van der Waals surface area contributed by atoms with Gasteiger partial charge < -0.3 is 10.2 Å². The van der Waals surface area contributed by atoms with Gasteiger partial charge in [-0.2, -0.15) is 0 Å². The SMILES string of the molecule is O=C(Nc1cc(F)ccc1F)C1CCCN(c2cc(-c3ccccc3)ncn2)C1. The molecule has 29 heavy (non-hydrogen) atoms. The van der Waals surface area contributed by atoms with E-state index in [1.54, 1.807) is 0 Å². The molecule has 1 fully saturated rings. The molecule has 5 nitrogen and oxygen atoms in total. The summed E-state index contributed by atoms with van der Waals surface area (Å²) < 4.78 is 27.2. The van der Waals surface area contributed by atoms with E-state index in [1.165, 1.54) is 6.33 Å². The molecule has 2 aromatic carbocycles. The Morgan fingerprint density at radius 3 is 2.72 bits per heavy atom. The minimum atomic E-state index is -0.657. The van der Waals surface area contributed by atoms with Gasteiger partial charge in [0.2, 0.25) is 5.91 Å². The zero-order valence-electron chi connectivity index (χ0n) is 15.7.